The van der Waals surface area contributed by atoms with Crippen molar-refractivity contribution in [1.82, 2.24) is 9.21 Å². The van der Waals surface area contributed by atoms with Crippen LogP contribution in [0.15, 0.2) is 29.2 Å². The molecule has 3 fully saturated rings. The second kappa shape index (κ2) is 7.93. The van der Waals surface area contributed by atoms with Gasteiger partial charge in [0.15, 0.2) is 0 Å². The molecular weight excluding hydrogens is 380 g/mol. The summed E-state index contributed by atoms with van der Waals surface area (Å²) in [7, 11) is -3.57. The standard InChI is InChI=1S/C20H26N2O5S/c23-19-9-10-22(18-4-2-1-3-17(18)19)20(24)15-5-7-16(8-6-15)28(25,26)21-11-13-27-14-12-21/h5-8,17-18H,1-4,9-14H2/t17-,18-/m1/s1. The Balaban J connectivity index is 1.52. The van der Waals surface area contributed by atoms with Crippen LogP contribution < -0.4 is 0 Å². The van der Waals surface area contributed by atoms with E-state index in [1.165, 1.54) is 16.4 Å². The Kier molecular flexibility index (Phi) is 5.53. The molecule has 0 aromatic heterocycles. The fraction of sp³-hybridized carbons (Fsp3) is 0.600. The van der Waals surface area contributed by atoms with Crippen LogP contribution in [0.4, 0.5) is 0 Å². The van der Waals surface area contributed by atoms with Gasteiger partial charge in [0.2, 0.25) is 10.0 Å². The summed E-state index contributed by atoms with van der Waals surface area (Å²) in [5, 5.41) is 0. The number of piperidine rings is 1. The molecule has 28 heavy (non-hydrogen) atoms. The van der Waals surface area contributed by atoms with Gasteiger partial charge in [-0.25, -0.2) is 8.42 Å². The van der Waals surface area contributed by atoms with Gasteiger partial charge in [-0.3, -0.25) is 9.59 Å². The van der Waals surface area contributed by atoms with E-state index < -0.39 is 10.0 Å². The van der Waals surface area contributed by atoms with Crippen molar-refractivity contribution in [3.63, 3.8) is 0 Å². The number of ketones is 1. The molecule has 0 spiro atoms. The molecule has 7 nitrogen and oxygen atoms in total. The zero-order chi connectivity index (χ0) is 19.7. The second-order valence-electron chi connectivity index (χ2n) is 7.71. The number of nitrogens with zero attached hydrogens (tertiary/aromatic N) is 2. The summed E-state index contributed by atoms with van der Waals surface area (Å²) < 4.78 is 32.1. The number of hydrogen-bond donors (Lipinski definition) is 0. The molecule has 2 atom stereocenters. The first kappa shape index (κ1) is 19.5. The van der Waals surface area contributed by atoms with Crippen LogP contribution in [-0.4, -0.2) is 68.2 Å². The van der Waals surface area contributed by atoms with E-state index in [0.29, 0.717) is 44.8 Å². The van der Waals surface area contributed by atoms with Crippen molar-refractivity contribution >= 4 is 21.7 Å². The van der Waals surface area contributed by atoms with Crippen LogP contribution in [0.5, 0.6) is 0 Å². The minimum atomic E-state index is -3.57. The molecule has 0 radical (unpaired) electrons. The first-order valence-corrected chi connectivity index (χ1v) is 11.4. The predicted octanol–water partition coefficient (Wildman–Crippen LogP) is 1.68. The third kappa shape index (κ3) is 3.60. The number of carbonyl (C=O) groups is 2. The van der Waals surface area contributed by atoms with Gasteiger partial charge in [-0.05, 0) is 37.1 Å². The van der Waals surface area contributed by atoms with Gasteiger partial charge in [0, 0.05) is 43.6 Å². The maximum absolute atomic E-state index is 13.1. The van der Waals surface area contributed by atoms with Gasteiger partial charge < -0.3 is 9.64 Å². The molecule has 1 aliphatic carbocycles. The first-order valence-electron chi connectivity index (χ1n) is 10.00. The third-order valence-electron chi connectivity index (χ3n) is 6.11. The van der Waals surface area contributed by atoms with Gasteiger partial charge in [0.25, 0.3) is 5.91 Å². The molecule has 3 aliphatic rings. The number of hydrogen-bond acceptors (Lipinski definition) is 5. The van der Waals surface area contributed by atoms with E-state index in [9.17, 15) is 18.0 Å². The van der Waals surface area contributed by atoms with Gasteiger partial charge in [-0.1, -0.05) is 12.8 Å². The molecule has 2 heterocycles. The summed E-state index contributed by atoms with van der Waals surface area (Å²) in [4.78, 5) is 27.3. The highest BCUT2D eigenvalue weighted by atomic mass is 32.2. The highest BCUT2D eigenvalue weighted by Gasteiger charge is 2.40. The Morgan fingerprint density at radius 2 is 1.68 bits per heavy atom. The first-order chi connectivity index (χ1) is 13.5. The van der Waals surface area contributed by atoms with E-state index in [0.717, 1.165) is 25.7 Å². The zero-order valence-corrected chi connectivity index (χ0v) is 16.7. The number of morpholine rings is 1. The van der Waals surface area contributed by atoms with Crippen LogP contribution in [0, 0.1) is 5.92 Å². The van der Waals surface area contributed by atoms with Crippen molar-refractivity contribution in [2.75, 3.05) is 32.8 Å². The summed E-state index contributed by atoms with van der Waals surface area (Å²) in [5.74, 6) is 0.132. The predicted molar refractivity (Wildman–Crippen MR) is 102 cm³/mol. The third-order valence-corrected chi connectivity index (χ3v) is 8.03. The maximum Gasteiger partial charge on any atom is 0.254 e. The Morgan fingerprint density at radius 3 is 2.39 bits per heavy atom. The molecule has 0 unspecified atom stereocenters. The number of rotatable bonds is 3. The fourth-order valence-corrected chi connectivity index (χ4v) is 5.97. The molecule has 1 saturated carbocycles. The highest BCUT2D eigenvalue weighted by molar-refractivity contribution is 7.89. The Bertz CT molecular complexity index is 846. The topological polar surface area (TPSA) is 84.0 Å². The number of Topliss-reactive ketones (excluding diaryl/α,β-unsaturated/α-hetero) is 1. The minimum Gasteiger partial charge on any atom is -0.379 e. The highest BCUT2D eigenvalue weighted by Crippen LogP contribution is 2.34. The van der Waals surface area contributed by atoms with Gasteiger partial charge in [-0.15, -0.1) is 0 Å². The molecule has 2 aliphatic heterocycles. The van der Waals surface area contributed by atoms with E-state index >= 15 is 0 Å². The van der Waals surface area contributed by atoms with E-state index in [1.807, 2.05) is 4.90 Å². The molecule has 0 bridgehead atoms. The summed E-state index contributed by atoms with van der Waals surface area (Å²) in [5.41, 5.74) is 0.472. The molecule has 152 valence electrons. The van der Waals surface area contributed by atoms with Crippen molar-refractivity contribution in [1.29, 1.82) is 0 Å². The van der Waals surface area contributed by atoms with Crippen molar-refractivity contribution in [2.24, 2.45) is 5.92 Å². The number of ether oxygens (including phenoxy) is 1. The summed E-state index contributed by atoms with van der Waals surface area (Å²) in [6, 6.07) is 6.17. The summed E-state index contributed by atoms with van der Waals surface area (Å²) >= 11 is 0. The normalized spacial score (nSPS) is 26.7. The SMILES string of the molecule is O=C1CCN(C(=O)c2ccc(S(=O)(=O)N3CCOCC3)cc2)[C@@H]2CCCC[C@@H]12. The lowest BCUT2D eigenvalue weighted by Crippen LogP contribution is -2.53. The van der Waals surface area contributed by atoms with Gasteiger partial charge in [0.1, 0.15) is 5.78 Å². The molecule has 1 aromatic rings. The number of carbonyl (C=O) groups excluding carboxylic acids is 2. The van der Waals surface area contributed by atoms with Gasteiger partial charge >= 0.3 is 0 Å². The van der Waals surface area contributed by atoms with Crippen molar-refractivity contribution in [3.05, 3.63) is 29.8 Å². The average molecular weight is 407 g/mol. The van der Waals surface area contributed by atoms with E-state index in [2.05, 4.69) is 0 Å². The fourth-order valence-electron chi connectivity index (χ4n) is 4.57. The van der Waals surface area contributed by atoms with Gasteiger partial charge in [-0.2, -0.15) is 4.31 Å². The number of sulfonamides is 1. The van der Waals surface area contributed by atoms with Crippen LogP contribution in [0.1, 0.15) is 42.5 Å². The maximum atomic E-state index is 13.1. The molecule has 4 rings (SSSR count). The van der Waals surface area contributed by atoms with Crippen LogP contribution in [-0.2, 0) is 19.6 Å². The average Bonchev–Trinajstić information content (AvgIpc) is 2.74. The zero-order valence-electron chi connectivity index (χ0n) is 15.9. The van der Waals surface area contributed by atoms with Crippen molar-refractivity contribution < 1.29 is 22.7 Å². The number of fused-ring (bicyclic) bond motifs is 1. The number of amides is 1. The smallest absolute Gasteiger partial charge is 0.254 e. The number of likely N-dealkylation sites (tertiary alicyclic amines) is 1. The second-order valence-corrected chi connectivity index (χ2v) is 9.65. The molecule has 1 amide bonds. The molecular formula is C20H26N2O5S. The lowest BCUT2D eigenvalue weighted by Gasteiger charge is -2.43. The Labute approximate surface area is 165 Å². The largest absolute Gasteiger partial charge is 0.379 e. The Hall–Kier alpha value is -1.77. The lowest BCUT2D eigenvalue weighted by atomic mass is 9.77. The van der Waals surface area contributed by atoms with E-state index in [1.54, 1.807) is 12.1 Å². The summed E-state index contributed by atoms with van der Waals surface area (Å²) in [6.07, 6.45) is 4.23. The minimum absolute atomic E-state index is 0.0146. The quantitative estimate of drug-likeness (QED) is 0.763. The molecule has 8 heteroatoms. The monoisotopic (exact) mass is 406 g/mol. The van der Waals surface area contributed by atoms with E-state index in [-0.39, 0.29) is 28.5 Å². The molecule has 2 saturated heterocycles. The Morgan fingerprint density at radius 1 is 1.00 bits per heavy atom. The lowest BCUT2D eigenvalue weighted by molar-refractivity contribution is -0.129. The van der Waals surface area contributed by atoms with Crippen LogP contribution in [0.3, 0.4) is 0 Å². The van der Waals surface area contributed by atoms with Crippen molar-refractivity contribution in [3.8, 4) is 0 Å². The van der Waals surface area contributed by atoms with Crippen LogP contribution in [0.2, 0.25) is 0 Å². The number of benzene rings is 1. The van der Waals surface area contributed by atoms with Crippen LogP contribution >= 0.6 is 0 Å². The molecule has 0 N–H and O–H groups in total. The molecule has 1 aromatic carbocycles. The summed E-state index contributed by atoms with van der Waals surface area (Å²) in [6.45, 7) is 1.92. The van der Waals surface area contributed by atoms with Gasteiger partial charge in [0.05, 0.1) is 18.1 Å². The van der Waals surface area contributed by atoms with Crippen LogP contribution in [0.25, 0.3) is 0 Å². The van der Waals surface area contributed by atoms with E-state index in [4.69, 9.17) is 4.74 Å². The van der Waals surface area contributed by atoms with Crippen molar-refractivity contribution in [2.45, 2.75) is 43.0 Å².